The molecule has 1 aliphatic heterocycles. The number of carbonyl (C=O) groups is 1. The molecule has 0 unspecified atom stereocenters. The molecule has 0 spiro atoms. The molecule has 7 nitrogen and oxygen atoms in total. The van der Waals surface area contributed by atoms with Crippen LogP contribution < -0.4 is 5.32 Å². The van der Waals surface area contributed by atoms with Crippen LogP contribution in [-0.2, 0) is 19.5 Å². The fraction of sp³-hybridized carbons (Fsp3) is 0.267. The monoisotopic (exact) mass is 336 g/mol. The molecule has 0 radical (unpaired) electrons. The second-order valence-corrected chi connectivity index (χ2v) is 6.86. The first-order valence-corrected chi connectivity index (χ1v) is 8.32. The molecule has 1 heterocycles. The summed E-state index contributed by atoms with van der Waals surface area (Å²) in [5, 5.41) is 4.11. The molecule has 2 amide bonds. The van der Waals surface area contributed by atoms with Crippen molar-refractivity contribution in [3.63, 3.8) is 0 Å². The van der Waals surface area contributed by atoms with E-state index < -0.39 is 28.5 Å². The lowest BCUT2D eigenvalue weighted by molar-refractivity contribution is -0.0579. The summed E-state index contributed by atoms with van der Waals surface area (Å²) in [5.74, 6) is 0. The van der Waals surface area contributed by atoms with Crippen molar-refractivity contribution in [3.8, 4) is 0 Å². The van der Waals surface area contributed by atoms with Gasteiger partial charge in [0.2, 0.25) is 0 Å². The van der Waals surface area contributed by atoms with Crippen LogP contribution in [0, 0.1) is 0 Å². The summed E-state index contributed by atoms with van der Waals surface area (Å²) in [6, 6.07) is 11.3. The topological polar surface area (TPSA) is 84.9 Å². The summed E-state index contributed by atoms with van der Waals surface area (Å²) in [7, 11) is -1.38. The van der Waals surface area contributed by atoms with Crippen molar-refractivity contribution in [2.24, 2.45) is 0 Å². The molecular formula is C15H16N2O5S. The van der Waals surface area contributed by atoms with Gasteiger partial charge < -0.3 is 14.8 Å². The Morgan fingerprint density at radius 1 is 1.04 bits per heavy atom. The average Bonchev–Trinajstić information content (AvgIpc) is 2.90. The maximum atomic E-state index is 12.8. The highest BCUT2D eigenvalue weighted by Crippen LogP contribution is 2.27. The van der Waals surface area contributed by atoms with E-state index in [2.05, 4.69) is 5.32 Å². The molecule has 3 rings (SSSR count). The van der Waals surface area contributed by atoms with Crippen molar-refractivity contribution in [1.29, 1.82) is 0 Å². The molecule has 2 aromatic carbocycles. The number of fused-ring (bicyclic) bond motifs is 1. The van der Waals surface area contributed by atoms with Crippen LogP contribution in [0.4, 0.5) is 4.79 Å². The number of amides is 2. The number of benzene rings is 2. The zero-order valence-corrected chi connectivity index (χ0v) is 13.4. The number of urea groups is 1. The van der Waals surface area contributed by atoms with Gasteiger partial charge in [-0.15, -0.1) is 0 Å². The van der Waals surface area contributed by atoms with Gasteiger partial charge in [0, 0.05) is 14.2 Å². The lowest BCUT2D eigenvalue weighted by Gasteiger charge is -2.23. The highest BCUT2D eigenvalue weighted by atomic mass is 32.2. The average molecular weight is 336 g/mol. The molecule has 0 aromatic heterocycles. The number of methoxy groups -OCH3 is 2. The standard InChI is InChI=1S/C15H16N2O5S/c1-21-13-14(22-2)17(15(18)16-13)23(19,20)12-8-7-10-5-3-4-6-11(10)9-12/h3-9,13-14H,1-2H3,(H,16,18)/t13-,14-/m1/s1. The molecule has 0 saturated carbocycles. The van der Waals surface area contributed by atoms with Gasteiger partial charge in [0.05, 0.1) is 4.90 Å². The number of nitrogens with zero attached hydrogens (tertiary/aromatic N) is 1. The van der Waals surface area contributed by atoms with E-state index in [4.69, 9.17) is 9.47 Å². The van der Waals surface area contributed by atoms with E-state index in [1.54, 1.807) is 6.07 Å². The number of nitrogens with one attached hydrogen (secondary N) is 1. The zero-order valence-electron chi connectivity index (χ0n) is 12.6. The van der Waals surface area contributed by atoms with Gasteiger partial charge in [-0.25, -0.2) is 13.2 Å². The third-order valence-corrected chi connectivity index (χ3v) is 5.47. The smallest absolute Gasteiger partial charge is 0.335 e. The minimum atomic E-state index is -4.07. The van der Waals surface area contributed by atoms with Crippen molar-refractivity contribution in [1.82, 2.24) is 9.62 Å². The first kappa shape index (κ1) is 15.7. The first-order chi connectivity index (χ1) is 11.0. The normalized spacial score (nSPS) is 21.7. The number of rotatable bonds is 4. The zero-order chi connectivity index (χ0) is 16.6. The lowest BCUT2D eigenvalue weighted by Crippen LogP contribution is -2.42. The predicted molar refractivity (Wildman–Crippen MR) is 83.1 cm³/mol. The van der Waals surface area contributed by atoms with Crippen LogP contribution in [0.25, 0.3) is 10.8 Å². The molecule has 2 atom stereocenters. The summed E-state index contributed by atoms with van der Waals surface area (Å²) >= 11 is 0. The van der Waals surface area contributed by atoms with Crippen LogP contribution in [0.1, 0.15) is 0 Å². The first-order valence-electron chi connectivity index (χ1n) is 6.88. The Morgan fingerprint density at radius 2 is 1.74 bits per heavy atom. The molecule has 1 fully saturated rings. The number of sulfonamides is 1. The van der Waals surface area contributed by atoms with E-state index in [9.17, 15) is 13.2 Å². The molecule has 23 heavy (non-hydrogen) atoms. The van der Waals surface area contributed by atoms with Crippen molar-refractivity contribution in [2.75, 3.05) is 14.2 Å². The van der Waals surface area contributed by atoms with Gasteiger partial charge in [-0.3, -0.25) is 0 Å². The van der Waals surface area contributed by atoms with Crippen molar-refractivity contribution >= 4 is 26.8 Å². The van der Waals surface area contributed by atoms with Gasteiger partial charge in [0.25, 0.3) is 10.0 Å². The number of carbonyl (C=O) groups excluding carboxylic acids is 1. The summed E-state index contributed by atoms with van der Waals surface area (Å²) in [4.78, 5) is 12.1. The summed E-state index contributed by atoms with van der Waals surface area (Å²) in [6.07, 6.45) is -1.92. The lowest BCUT2D eigenvalue weighted by atomic mass is 10.1. The summed E-state index contributed by atoms with van der Waals surface area (Å²) in [6.45, 7) is 0. The second kappa shape index (κ2) is 5.80. The number of hydrogen-bond donors (Lipinski definition) is 1. The molecule has 1 saturated heterocycles. The Kier molecular flexibility index (Phi) is 3.97. The van der Waals surface area contributed by atoms with Crippen LogP contribution in [-0.4, -0.2) is 45.4 Å². The summed E-state index contributed by atoms with van der Waals surface area (Å²) in [5.41, 5.74) is 0. The largest absolute Gasteiger partial charge is 0.357 e. The fourth-order valence-corrected chi connectivity index (χ4v) is 4.06. The molecule has 0 bridgehead atoms. The van der Waals surface area contributed by atoms with Gasteiger partial charge >= 0.3 is 6.03 Å². The van der Waals surface area contributed by atoms with E-state index in [1.165, 1.54) is 26.4 Å². The number of hydrogen-bond acceptors (Lipinski definition) is 5. The Bertz CT molecular complexity index is 852. The van der Waals surface area contributed by atoms with Crippen LogP contribution in [0.15, 0.2) is 47.4 Å². The van der Waals surface area contributed by atoms with Crippen molar-refractivity contribution < 1.29 is 22.7 Å². The van der Waals surface area contributed by atoms with E-state index in [0.29, 0.717) is 4.31 Å². The highest BCUT2D eigenvalue weighted by molar-refractivity contribution is 7.89. The van der Waals surface area contributed by atoms with Gasteiger partial charge in [-0.2, -0.15) is 4.31 Å². The van der Waals surface area contributed by atoms with E-state index in [-0.39, 0.29) is 4.90 Å². The minimum absolute atomic E-state index is 0.0187. The van der Waals surface area contributed by atoms with Crippen molar-refractivity contribution in [2.45, 2.75) is 17.4 Å². The SMILES string of the molecule is CO[C@H]1NC(=O)N(S(=O)(=O)c2ccc3ccccc3c2)[C@@H]1OC. The quantitative estimate of drug-likeness (QED) is 0.914. The molecule has 122 valence electrons. The predicted octanol–water partition coefficient (Wildman–Crippen LogP) is 1.50. The van der Waals surface area contributed by atoms with E-state index in [0.717, 1.165) is 10.8 Å². The van der Waals surface area contributed by atoms with Gasteiger partial charge in [0.15, 0.2) is 12.5 Å². The Morgan fingerprint density at radius 3 is 2.39 bits per heavy atom. The Labute approximate surface area is 133 Å². The molecule has 2 aromatic rings. The third-order valence-electron chi connectivity index (χ3n) is 3.73. The molecule has 1 N–H and O–H groups in total. The maximum absolute atomic E-state index is 12.8. The Balaban J connectivity index is 2.07. The third kappa shape index (κ3) is 2.54. The minimum Gasteiger partial charge on any atom is -0.357 e. The number of ether oxygens (including phenoxy) is 2. The van der Waals surface area contributed by atoms with Crippen LogP contribution >= 0.6 is 0 Å². The summed E-state index contributed by atoms with van der Waals surface area (Å²) < 4.78 is 36.6. The molecule has 8 heteroatoms. The molecule has 0 aliphatic carbocycles. The van der Waals surface area contributed by atoms with Gasteiger partial charge in [0.1, 0.15) is 0 Å². The van der Waals surface area contributed by atoms with Gasteiger partial charge in [-0.05, 0) is 22.9 Å². The maximum Gasteiger partial charge on any atom is 0.335 e. The second-order valence-electron chi connectivity index (χ2n) is 5.04. The van der Waals surface area contributed by atoms with E-state index in [1.807, 2.05) is 24.3 Å². The van der Waals surface area contributed by atoms with Crippen LogP contribution in [0.2, 0.25) is 0 Å². The van der Waals surface area contributed by atoms with Crippen LogP contribution in [0.3, 0.4) is 0 Å². The fourth-order valence-electron chi connectivity index (χ4n) is 2.58. The van der Waals surface area contributed by atoms with Crippen molar-refractivity contribution in [3.05, 3.63) is 42.5 Å². The van der Waals surface area contributed by atoms with Gasteiger partial charge in [-0.1, -0.05) is 30.3 Å². The molecule has 1 aliphatic rings. The van der Waals surface area contributed by atoms with Crippen LogP contribution in [0.5, 0.6) is 0 Å². The Hall–Kier alpha value is -2.16. The highest BCUT2D eigenvalue weighted by Gasteiger charge is 2.47. The molecular weight excluding hydrogens is 320 g/mol. The van der Waals surface area contributed by atoms with E-state index >= 15 is 0 Å².